The van der Waals surface area contributed by atoms with Gasteiger partial charge < -0.3 is 24.8 Å². The van der Waals surface area contributed by atoms with Crippen molar-refractivity contribution < 1.29 is 29.3 Å². The molecule has 3 heterocycles. The number of hydrogen-bond acceptors (Lipinski definition) is 6. The summed E-state index contributed by atoms with van der Waals surface area (Å²) < 4.78 is 5.36. The number of imidazole rings is 1. The highest BCUT2D eigenvalue weighted by Gasteiger charge is 2.49. The Morgan fingerprint density at radius 1 is 1.05 bits per heavy atom. The van der Waals surface area contributed by atoms with Crippen LogP contribution in [-0.4, -0.2) is 67.8 Å². The number of aromatic amines is 1. The van der Waals surface area contributed by atoms with Crippen molar-refractivity contribution in [1.29, 1.82) is 0 Å². The number of likely N-dealkylation sites (tertiary alicyclic amines) is 1. The van der Waals surface area contributed by atoms with Gasteiger partial charge in [-0.3, -0.25) is 15.0 Å². The van der Waals surface area contributed by atoms with Crippen molar-refractivity contribution in [2.24, 2.45) is 5.92 Å². The van der Waals surface area contributed by atoms with E-state index in [9.17, 15) is 19.5 Å². The lowest BCUT2D eigenvalue weighted by Crippen LogP contribution is -2.44. The van der Waals surface area contributed by atoms with Gasteiger partial charge in [0.15, 0.2) is 5.72 Å². The molecule has 0 saturated carbocycles. The van der Waals surface area contributed by atoms with Gasteiger partial charge in [0.05, 0.1) is 17.6 Å². The highest BCUT2D eigenvalue weighted by atomic mass is 16.5. The van der Waals surface area contributed by atoms with E-state index in [0.717, 1.165) is 5.56 Å². The molecule has 0 radical (unpaired) electrons. The van der Waals surface area contributed by atoms with Crippen LogP contribution in [0.1, 0.15) is 39.9 Å². The van der Waals surface area contributed by atoms with Crippen molar-refractivity contribution in [2.45, 2.75) is 25.1 Å². The average molecular weight is 556 g/mol. The van der Waals surface area contributed by atoms with Crippen molar-refractivity contribution in [3.05, 3.63) is 95.1 Å². The number of benzene rings is 3. The van der Waals surface area contributed by atoms with E-state index in [4.69, 9.17) is 9.84 Å². The SMILES string of the molecule is O=C(Nc1nc2cc(C3(O)c4ccccc4C(=O)N3Cc3ccccc3)ccc2[nH]1)OCC1CCN(C(=O)O)CC1. The zero-order chi connectivity index (χ0) is 28.6. The third-order valence-corrected chi connectivity index (χ3v) is 7.79. The molecule has 1 unspecified atom stereocenters. The Hall–Kier alpha value is -4.90. The third-order valence-electron chi connectivity index (χ3n) is 7.79. The fourth-order valence-electron chi connectivity index (χ4n) is 5.57. The maximum absolute atomic E-state index is 13.5. The number of aromatic nitrogens is 2. The molecule has 1 fully saturated rings. The predicted octanol–water partition coefficient (Wildman–Crippen LogP) is 4.35. The van der Waals surface area contributed by atoms with Crippen LogP contribution >= 0.6 is 0 Å². The molecule has 1 aromatic heterocycles. The lowest BCUT2D eigenvalue weighted by atomic mass is 9.93. The van der Waals surface area contributed by atoms with Gasteiger partial charge in [0.2, 0.25) is 5.95 Å². The normalized spacial score (nSPS) is 18.9. The molecule has 0 bridgehead atoms. The lowest BCUT2D eigenvalue weighted by molar-refractivity contribution is -0.0542. The van der Waals surface area contributed by atoms with Crippen LogP contribution in [0.25, 0.3) is 11.0 Å². The van der Waals surface area contributed by atoms with Crippen molar-refractivity contribution >= 4 is 35.1 Å². The van der Waals surface area contributed by atoms with E-state index in [1.165, 1.54) is 9.80 Å². The van der Waals surface area contributed by atoms with Gasteiger partial charge in [-0.15, -0.1) is 0 Å². The minimum atomic E-state index is -1.72. The Bertz CT molecular complexity index is 1610. The number of amides is 3. The number of hydrogen-bond donors (Lipinski definition) is 4. The number of H-pyrrole nitrogens is 1. The first-order valence-electron chi connectivity index (χ1n) is 13.4. The van der Waals surface area contributed by atoms with Crippen LogP contribution < -0.4 is 5.32 Å². The first-order chi connectivity index (χ1) is 19.8. The summed E-state index contributed by atoms with van der Waals surface area (Å²) in [6.07, 6.45) is -0.353. The van der Waals surface area contributed by atoms with Gasteiger partial charge in [0.1, 0.15) is 0 Å². The number of aliphatic hydroxyl groups is 1. The Labute approximate surface area is 235 Å². The monoisotopic (exact) mass is 555 g/mol. The van der Waals surface area contributed by atoms with Crippen molar-refractivity contribution in [2.75, 3.05) is 25.0 Å². The van der Waals surface area contributed by atoms with Crippen LogP contribution in [0.5, 0.6) is 0 Å². The van der Waals surface area contributed by atoms with E-state index in [1.54, 1.807) is 42.5 Å². The first kappa shape index (κ1) is 26.3. The summed E-state index contributed by atoms with van der Waals surface area (Å²) in [5.74, 6) is -0.00199. The molecule has 0 aliphatic carbocycles. The predicted molar refractivity (Wildman–Crippen MR) is 149 cm³/mol. The molecule has 41 heavy (non-hydrogen) atoms. The second-order valence-electron chi connectivity index (χ2n) is 10.3. The van der Waals surface area contributed by atoms with E-state index in [1.807, 2.05) is 30.3 Å². The molecule has 4 N–H and O–H groups in total. The molecule has 1 saturated heterocycles. The third kappa shape index (κ3) is 4.95. The Kier molecular flexibility index (Phi) is 6.80. The number of rotatable bonds is 6. The van der Waals surface area contributed by atoms with Gasteiger partial charge in [-0.1, -0.05) is 54.6 Å². The Morgan fingerprint density at radius 2 is 1.78 bits per heavy atom. The molecule has 4 aromatic rings. The number of carbonyl (C=O) groups excluding carboxylic acids is 2. The van der Waals surface area contributed by atoms with Crippen LogP contribution in [0, 0.1) is 5.92 Å². The van der Waals surface area contributed by atoms with Gasteiger partial charge in [0, 0.05) is 36.3 Å². The van der Waals surface area contributed by atoms with Crippen LogP contribution in [0.15, 0.2) is 72.8 Å². The molecular weight excluding hydrogens is 526 g/mol. The molecular formula is C30H29N5O6. The molecule has 0 spiro atoms. The molecule has 3 aromatic carbocycles. The first-order valence-corrected chi connectivity index (χ1v) is 13.4. The van der Waals surface area contributed by atoms with Crippen LogP contribution in [0.4, 0.5) is 15.5 Å². The fourth-order valence-corrected chi connectivity index (χ4v) is 5.57. The standard InChI is InChI=1S/C30H29N5O6/c36-26-22-8-4-5-9-23(22)30(40,35(26)17-19-6-2-1-3-7-19)21-10-11-24-25(16-21)32-27(31-24)33-28(37)41-18-20-12-14-34(15-13-20)29(38)39/h1-11,16,20,40H,12-15,17-18H2,(H,38,39)(H2,31,32,33,37). The molecule has 11 heteroatoms. The van der Waals surface area contributed by atoms with Crippen molar-refractivity contribution in [3.63, 3.8) is 0 Å². The number of carbonyl (C=O) groups is 3. The number of carboxylic acid groups (broad SMARTS) is 1. The molecule has 210 valence electrons. The second-order valence-corrected chi connectivity index (χ2v) is 10.3. The Balaban J connectivity index is 1.20. The van der Waals surface area contributed by atoms with Gasteiger partial charge in [-0.05, 0) is 42.5 Å². The highest BCUT2D eigenvalue weighted by Crippen LogP contribution is 2.43. The van der Waals surface area contributed by atoms with E-state index >= 15 is 0 Å². The summed E-state index contributed by atoms with van der Waals surface area (Å²) in [6, 6.07) is 21.7. The quantitative estimate of drug-likeness (QED) is 0.276. The maximum atomic E-state index is 13.5. The zero-order valence-electron chi connectivity index (χ0n) is 22.1. The summed E-state index contributed by atoms with van der Waals surface area (Å²) in [4.78, 5) is 47.3. The summed E-state index contributed by atoms with van der Waals surface area (Å²) in [5.41, 5.74) is 1.67. The van der Waals surface area contributed by atoms with Crippen LogP contribution in [0.3, 0.4) is 0 Å². The van der Waals surface area contributed by atoms with Crippen LogP contribution in [-0.2, 0) is 17.0 Å². The molecule has 2 aliphatic heterocycles. The van der Waals surface area contributed by atoms with Crippen molar-refractivity contribution in [1.82, 2.24) is 19.8 Å². The van der Waals surface area contributed by atoms with Crippen molar-refractivity contribution in [3.8, 4) is 0 Å². The largest absolute Gasteiger partial charge is 0.465 e. The lowest BCUT2D eigenvalue weighted by Gasteiger charge is -2.35. The van der Waals surface area contributed by atoms with E-state index in [2.05, 4.69) is 15.3 Å². The minimum absolute atomic E-state index is 0.0890. The number of nitrogens with one attached hydrogen (secondary N) is 2. The maximum Gasteiger partial charge on any atom is 0.413 e. The van der Waals surface area contributed by atoms with E-state index in [-0.39, 0.29) is 30.9 Å². The second kappa shape index (κ2) is 10.6. The minimum Gasteiger partial charge on any atom is -0.465 e. The summed E-state index contributed by atoms with van der Waals surface area (Å²) in [5, 5.41) is 23.9. The summed E-state index contributed by atoms with van der Waals surface area (Å²) in [6.45, 7) is 1.23. The number of ether oxygens (including phenoxy) is 1. The number of fused-ring (bicyclic) bond motifs is 2. The van der Waals surface area contributed by atoms with Gasteiger partial charge >= 0.3 is 12.2 Å². The summed E-state index contributed by atoms with van der Waals surface area (Å²) >= 11 is 0. The Morgan fingerprint density at radius 3 is 2.54 bits per heavy atom. The molecule has 1 atom stereocenters. The number of piperidine rings is 1. The zero-order valence-corrected chi connectivity index (χ0v) is 22.1. The highest BCUT2D eigenvalue weighted by molar-refractivity contribution is 6.00. The molecule has 11 nitrogen and oxygen atoms in total. The topological polar surface area (TPSA) is 148 Å². The average Bonchev–Trinajstić information content (AvgIpc) is 3.49. The van der Waals surface area contributed by atoms with E-state index in [0.29, 0.717) is 53.7 Å². The smallest absolute Gasteiger partial charge is 0.413 e. The van der Waals surface area contributed by atoms with Gasteiger partial charge in [-0.2, -0.15) is 0 Å². The molecule has 2 aliphatic rings. The van der Waals surface area contributed by atoms with E-state index < -0.39 is 17.9 Å². The van der Waals surface area contributed by atoms with Gasteiger partial charge in [0.25, 0.3) is 5.91 Å². The molecule has 6 rings (SSSR count). The number of nitrogens with zero attached hydrogens (tertiary/aromatic N) is 3. The fraction of sp³-hybridized carbons (Fsp3) is 0.267. The molecule has 3 amide bonds. The summed E-state index contributed by atoms with van der Waals surface area (Å²) in [7, 11) is 0. The van der Waals surface area contributed by atoms with Crippen LogP contribution in [0.2, 0.25) is 0 Å². The van der Waals surface area contributed by atoms with Gasteiger partial charge in [-0.25, -0.2) is 14.6 Å². The number of anilines is 1.